The van der Waals surface area contributed by atoms with E-state index in [0.717, 1.165) is 6.42 Å². The van der Waals surface area contributed by atoms with Crippen LogP contribution >= 0.6 is 0 Å². The Kier molecular flexibility index (Phi) is 3.10. The van der Waals surface area contributed by atoms with Crippen LogP contribution in [0.4, 0.5) is 0 Å². The number of aryl methyl sites for hydroxylation is 1. The van der Waals surface area contributed by atoms with Crippen LogP contribution < -0.4 is 5.32 Å². The zero-order chi connectivity index (χ0) is 11.5. The van der Waals surface area contributed by atoms with Gasteiger partial charge in [0.15, 0.2) is 0 Å². The smallest absolute Gasteiger partial charge is 0.251 e. The van der Waals surface area contributed by atoms with E-state index in [1.807, 2.05) is 0 Å². The van der Waals surface area contributed by atoms with Crippen LogP contribution in [0.25, 0.3) is 0 Å². The summed E-state index contributed by atoms with van der Waals surface area (Å²) in [5.41, 5.74) is 1.28. The van der Waals surface area contributed by atoms with Crippen molar-refractivity contribution in [3.8, 4) is 5.75 Å². The zero-order valence-electron chi connectivity index (χ0n) is 9.19. The molecule has 0 spiro atoms. The van der Waals surface area contributed by atoms with Crippen LogP contribution in [0.1, 0.15) is 22.3 Å². The number of hydrogen-bond acceptors (Lipinski definition) is 3. The van der Waals surface area contributed by atoms with E-state index in [-0.39, 0.29) is 17.7 Å². The van der Waals surface area contributed by atoms with Gasteiger partial charge in [0, 0.05) is 12.2 Å². The average Bonchev–Trinajstić information content (AvgIpc) is 2.74. The van der Waals surface area contributed by atoms with Crippen LogP contribution in [-0.2, 0) is 4.74 Å². The van der Waals surface area contributed by atoms with Crippen molar-refractivity contribution in [3.63, 3.8) is 0 Å². The first kappa shape index (κ1) is 11.0. The Morgan fingerprint density at radius 1 is 1.56 bits per heavy atom. The number of aromatic hydroxyl groups is 1. The van der Waals surface area contributed by atoms with Gasteiger partial charge in [0.2, 0.25) is 0 Å². The van der Waals surface area contributed by atoms with Crippen molar-refractivity contribution < 1.29 is 14.6 Å². The number of nitrogens with one attached hydrogen (secondary N) is 1. The van der Waals surface area contributed by atoms with Gasteiger partial charge in [-0.15, -0.1) is 0 Å². The summed E-state index contributed by atoms with van der Waals surface area (Å²) in [5, 5.41) is 12.3. The summed E-state index contributed by atoms with van der Waals surface area (Å²) in [6.45, 7) is 3.06. The van der Waals surface area contributed by atoms with Gasteiger partial charge in [-0.3, -0.25) is 4.79 Å². The normalized spacial score (nSPS) is 19.7. The lowest BCUT2D eigenvalue weighted by Gasteiger charge is -2.11. The third kappa shape index (κ3) is 2.33. The van der Waals surface area contributed by atoms with E-state index in [1.165, 1.54) is 6.07 Å². The minimum Gasteiger partial charge on any atom is -0.508 e. The minimum atomic E-state index is -0.112. The van der Waals surface area contributed by atoms with E-state index in [9.17, 15) is 9.90 Å². The average molecular weight is 221 g/mol. The van der Waals surface area contributed by atoms with Gasteiger partial charge in [0.05, 0.1) is 12.6 Å². The first-order valence-corrected chi connectivity index (χ1v) is 5.35. The number of phenolic OH excluding ortho intramolecular Hbond substituents is 1. The Morgan fingerprint density at radius 3 is 3.00 bits per heavy atom. The monoisotopic (exact) mass is 221 g/mol. The molecule has 0 aromatic heterocycles. The Balaban J connectivity index is 2.05. The molecular weight excluding hydrogens is 206 g/mol. The second-order valence-electron chi connectivity index (χ2n) is 4.04. The Morgan fingerprint density at radius 2 is 2.38 bits per heavy atom. The maximum absolute atomic E-state index is 11.8. The Bertz CT molecular complexity index is 397. The van der Waals surface area contributed by atoms with Crippen molar-refractivity contribution in [1.82, 2.24) is 5.32 Å². The summed E-state index contributed by atoms with van der Waals surface area (Å²) in [6, 6.07) is 4.95. The summed E-state index contributed by atoms with van der Waals surface area (Å²) >= 11 is 0. The van der Waals surface area contributed by atoms with Crippen LogP contribution in [-0.4, -0.2) is 30.3 Å². The van der Waals surface area contributed by atoms with Crippen LogP contribution in [0.5, 0.6) is 5.75 Å². The molecule has 0 saturated carbocycles. The van der Waals surface area contributed by atoms with Crippen LogP contribution in [0, 0.1) is 6.92 Å². The largest absolute Gasteiger partial charge is 0.508 e. The van der Waals surface area contributed by atoms with E-state index in [4.69, 9.17) is 4.74 Å². The fourth-order valence-electron chi connectivity index (χ4n) is 1.71. The summed E-state index contributed by atoms with van der Waals surface area (Å²) < 4.78 is 5.18. The highest BCUT2D eigenvalue weighted by molar-refractivity contribution is 5.94. The third-order valence-electron chi connectivity index (χ3n) is 2.72. The van der Waals surface area contributed by atoms with Gasteiger partial charge in [0.1, 0.15) is 5.75 Å². The van der Waals surface area contributed by atoms with Gasteiger partial charge in [-0.05, 0) is 37.1 Å². The number of benzene rings is 1. The number of carbonyl (C=O) groups excluding carboxylic acids is 1. The molecule has 1 aromatic carbocycles. The van der Waals surface area contributed by atoms with Crippen molar-refractivity contribution in [1.29, 1.82) is 0 Å². The fraction of sp³-hybridized carbons (Fsp3) is 0.417. The Labute approximate surface area is 94.2 Å². The number of hydrogen-bond donors (Lipinski definition) is 2. The first-order valence-electron chi connectivity index (χ1n) is 5.35. The van der Waals surface area contributed by atoms with Crippen molar-refractivity contribution in [2.24, 2.45) is 0 Å². The predicted molar refractivity (Wildman–Crippen MR) is 59.5 cm³/mol. The molecule has 86 valence electrons. The van der Waals surface area contributed by atoms with Gasteiger partial charge >= 0.3 is 0 Å². The molecule has 1 heterocycles. The highest BCUT2D eigenvalue weighted by atomic mass is 16.5. The molecule has 1 aliphatic heterocycles. The van der Waals surface area contributed by atoms with Crippen molar-refractivity contribution in [3.05, 3.63) is 29.3 Å². The molecule has 0 radical (unpaired) electrons. The molecular formula is C12H15NO3. The molecule has 1 aromatic rings. The number of rotatable bonds is 2. The molecule has 2 N–H and O–H groups in total. The molecule has 4 nitrogen and oxygen atoms in total. The van der Waals surface area contributed by atoms with Gasteiger partial charge in [-0.1, -0.05) is 0 Å². The lowest BCUT2D eigenvalue weighted by Crippen LogP contribution is -2.34. The fourth-order valence-corrected chi connectivity index (χ4v) is 1.71. The second-order valence-corrected chi connectivity index (χ2v) is 4.04. The molecule has 0 aliphatic carbocycles. The lowest BCUT2D eigenvalue weighted by molar-refractivity contribution is 0.0930. The molecule has 1 saturated heterocycles. The summed E-state index contributed by atoms with van der Waals surface area (Å²) in [4.78, 5) is 11.8. The quantitative estimate of drug-likeness (QED) is 0.789. The van der Waals surface area contributed by atoms with Gasteiger partial charge in [-0.25, -0.2) is 0 Å². The van der Waals surface area contributed by atoms with E-state index in [1.54, 1.807) is 19.1 Å². The second kappa shape index (κ2) is 4.53. The maximum atomic E-state index is 11.8. The number of carbonyl (C=O) groups is 1. The molecule has 1 aliphatic rings. The van der Waals surface area contributed by atoms with Crippen LogP contribution in [0.2, 0.25) is 0 Å². The highest BCUT2D eigenvalue weighted by Gasteiger charge is 2.18. The first-order chi connectivity index (χ1) is 7.66. The predicted octanol–water partition coefficient (Wildman–Crippen LogP) is 1.22. The molecule has 16 heavy (non-hydrogen) atoms. The maximum Gasteiger partial charge on any atom is 0.251 e. The summed E-state index contributed by atoms with van der Waals surface area (Å²) in [7, 11) is 0. The Hall–Kier alpha value is -1.55. The van der Waals surface area contributed by atoms with Crippen LogP contribution in [0.15, 0.2) is 18.2 Å². The molecule has 2 rings (SSSR count). The summed E-state index contributed by atoms with van der Waals surface area (Å²) in [5.74, 6) is 0.0966. The topological polar surface area (TPSA) is 58.6 Å². The van der Waals surface area contributed by atoms with Crippen molar-refractivity contribution in [2.45, 2.75) is 19.4 Å². The molecule has 1 atom stereocenters. The minimum absolute atomic E-state index is 0.112. The van der Waals surface area contributed by atoms with E-state index in [2.05, 4.69) is 5.32 Å². The van der Waals surface area contributed by atoms with E-state index >= 15 is 0 Å². The van der Waals surface area contributed by atoms with Gasteiger partial charge < -0.3 is 15.2 Å². The number of phenols is 1. The highest BCUT2D eigenvalue weighted by Crippen LogP contribution is 2.17. The van der Waals surface area contributed by atoms with Gasteiger partial charge in [-0.2, -0.15) is 0 Å². The standard InChI is InChI=1S/C12H15NO3/c1-8-6-9(2-3-11(8)14)12(15)13-10-4-5-16-7-10/h2-3,6,10,14H,4-5,7H2,1H3,(H,13,15). The van der Waals surface area contributed by atoms with E-state index < -0.39 is 0 Å². The molecule has 1 fully saturated rings. The molecule has 1 unspecified atom stereocenters. The number of amides is 1. The third-order valence-corrected chi connectivity index (χ3v) is 2.72. The van der Waals surface area contributed by atoms with E-state index in [0.29, 0.717) is 24.3 Å². The molecule has 1 amide bonds. The zero-order valence-corrected chi connectivity index (χ0v) is 9.19. The van der Waals surface area contributed by atoms with Gasteiger partial charge in [0.25, 0.3) is 5.91 Å². The lowest BCUT2D eigenvalue weighted by atomic mass is 10.1. The summed E-state index contributed by atoms with van der Waals surface area (Å²) in [6.07, 6.45) is 0.864. The number of ether oxygens (including phenoxy) is 1. The molecule has 4 heteroatoms. The SMILES string of the molecule is Cc1cc(C(=O)NC2CCOC2)ccc1O. The van der Waals surface area contributed by atoms with Crippen LogP contribution in [0.3, 0.4) is 0 Å². The van der Waals surface area contributed by atoms with Crippen molar-refractivity contribution in [2.75, 3.05) is 13.2 Å². The van der Waals surface area contributed by atoms with Crippen molar-refractivity contribution >= 4 is 5.91 Å². The molecule has 0 bridgehead atoms.